The van der Waals surface area contributed by atoms with Gasteiger partial charge in [-0.3, -0.25) is 14.4 Å². The minimum Gasteiger partial charge on any atom is -0.337 e. The van der Waals surface area contributed by atoms with Crippen LogP contribution >= 0.6 is 0 Å². The molecule has 0 spiro atoms. The number of nitrogens with zero attached hydrogens (tertiary/aromatic N) is 2. The molecule has 1 saturated heterocycles. The van der Waals surface area contributed by atoms with Gasteiger partial charge in [0.2, 0.25) is 0 Å². The van der Waals surface area contributed by atoms with E-state index in [1.165, 1.54) is 30.3 Å². The molecule has 2 aromatic carbocycles. The fourth-order valence-electron chi connectivity index (χ4n) is 3.72. The van der Waals surface area contributed by atoms with Crippen LogP contribution < -0.4 is 4.72 Å². The number of hydrogen-bond acceptors (Lipinski definition) is 4. The Morgan fingerprint density at radius 2 is 1.61 bits per heavy atom. The standard InChI is InChI=1S/C23H28F3N3O3S/c1-22(2,3)29-13-5-12-28(14-15-29)21(30)17-8-10-20(11-9-17)33(31,32)27-19-7-4-6-18(16-19)23(24,25)26/h4,6-11,16,27H,5,12-15H2,1-3H3. The lowest BCUT2D eigenvalue weighted by atomic mass is 10.1. The zero-order valence-electron chi connectivity index (χ0n) is 18.8. The number of alkyl halides is 3. The maximum atomic E-state index is 12.9. The molecule has 0 atom stereocenters. The first kappa shape index (κ1) is 25.0. The Morgan fingerprint density at radius 3 is 2.21 bits per heavy atom. The summed E-state index contributed by atoms with van der Waals surface area (Å²) >= 11 is 0. The van der Waals surface area contributed by atoms with Crippen molar-refractivity contribution in [3.05, 3.63) is 59.7 Å². The van der Waals surface area contributed by atoms with E-state index < -0.39 is 21.8 Å². The zero-order chi connectivity index (χ0) is 24.4. The molecule has 180 valence electrons. The number of rotatable bonds is 4. The van der Waals surface area contributed by atoms with Gasteiger partial charge in [-0.05, 0) is 69.7 Å². The second-order valence-corrected chi connectivity index (χ2v) is 10.7. The predicted molar refractivity (Wildman–Crippen MR) is 121 cm³/mol. The summed E-state index contributed by atoms with van der Waals surface area (Å²) in [5.41, 5.74) is -0.775. The molecule has 0 aliphatic carbocycles. The van der Waals surface area contributed by atoms with Crippen molar-refractivity contribution in [1.82, 2.24) is 9.80 Å². The van der Waals surface area contributed by atoms with Crippen molar-refractivity contribution in [1.29, 1.82) is 0 Å². The lowest BCUT2D eigenvalue weighted by Crippen LogP contribution is -2.44. The van der Waals surface area contributed by atoms with Crippen molar-refractivity contribution in [3.8, 4) is 0 Å². The normalized spacial score (nSPS) is 16.4. The van der Waals surface area contributed by atoms with E-state index in [1.807, 2.05) is 0 Å². The van der Waals surface area contributed by atoms with E-state index in [0.29, 0.717) is 18.7 Å². The molecule has 0 bridgehead atoms. The Hall–Kier alpha value is -2.59. The highest BCUT2D eigenvalue weighted by atomic mass is 32.2. The Morgan fingerprint density at radius 1 is 0.939 bits per heavy atom. The highest BCUT2D eigenvalue weighted by Gasteiger charge is 2.31. The van der Waals surface area contributed by atoms with Crippen LogP contribution in [0.3, 0.4) is 0 Å². The third kappa shape index (κ3) is 6.26. The number of hydrogen-bond donors (Lipinski definition) is 1. The van der Waals surface area contributed by atoms with Gasteiger partial charge in [0.05, 0.1) is 10.5 Å². The number of nitrogens with one attached hydrogen (secondary N) is 1. The van der Waals surface area contributed by atoms with Gasteiger partial charge in [0.25, 0.3) is 15.9 Å². The second kappa shape index (κ2) is 9.34. The average Bonchev–Trinajstić information content (AvgIpc) is 2.99. The summed E-state index contributed by atoms with van der Waals surface area (Å²) in [6.07, 6.45) is -3.74. The molecule has 10 heteroatoms. The lowest BCUT2D eigenvalue weighted by Gasteiger charge is -2.34. The first-order valence-corrected chi connectivity index (χ1v) is 12.1. The highest BCUT2D eigenvalue weighted by Crippen LogP contribution is 2.31. The van der Waals surface area contributed by atoms with E-state index in [4.69, 9.17) is 0 Å². The van der Waals surface area contributed by atoms with Crippen LogP contribution in [-0.4, -0.2) is 55.8 Å². The number of amides is 1. The number of halogens is 3. The molecule has 0 aromatic heterocycles. The molecule has 33 heavy (non-hydrogen) atoms. The molecule has 1 fully saturated rings. The van der Waals surface area contributed by atoms with Crippen LogP contribution in [0.15, 0.2) is 53.4 Å². The van der Waals surface area contributed by atoms with E-state index in [-0.39, 0.29) is 22.0 Å². The van der Waals surface area contributed by atoms with Gasteiger partial charge in [-0.25, -0.2) is 8.42 Å². The van der Waals surface area contributed by atoms with Crippen molar-refractivity contribution in [2.75, 3.05) is 30.9 Å². The summed E-state index contributed by atoms with van der Waals surface area (Å²) in [6, 6.07) is 9.38. The van der Waals surface area contributed by atoms with Gasteiger partial charge in [-0.2, -0.15) is 13.2 Å². The van der Waals surface area contributed by atoms with Crippen LogP contribution in [0.25, 0.3) is 0 Å². The first-order chi connectivity index (χ1) is 15.3. The highest BCUT2D eigenvalue weighted by molar-refractivity contribution is 7.92. The third-order valence-corrected chi connectivity index (χ3v) is 6.98. The maximum Gasteiger partial charge on any atom is 0.416 e. The molecule has 0 unspecified atom stereocenters. The SMILES string of the molecule is CC(C)(C)N1CCCN(C(=O)c2ccc(S(=O)(=O)Nc3cccc(C(F)(F)F)c3)cc2)CC1. The fraction of sp³-hybridized carbons (Fsp3) is 0.435. The monoisotopic (exact) mass is 483 g/mol. The van der Waals surface area contributed by atoms with Crippen molar-refractivity contribution < 1.29 is 26.4 Å². The smallest absolute Gasteiger partial charge is 0.337 e. The molecule has 1 aliphatic heterocycles. The minimum absolute atomic E-state index is 0.0156. The number of carbonyl (C=O) groups excluding carboxylic acids is 1. The van der Waals surface area contributed by atoms with Crippen molar-refractivity contribution >= 4 is 21.6 Å². The molecule has 0 radical (unpaired) electrons. The molecule has 3 rings (SSSR count). The Labute approximate surface area is 192 Å². The van der Waals surface area contributed by atoms with Crippen LogP contribution in [0.4, 0.5) is 18.9 Å². The van der Waals surface area contributed by atoms with E-state index in [2.05, 4.69) is 30.4 Å². The summed E-state index contributed by atoms with van der Waals surface area (Å²) < 4.78 is 66.1. The van der Waals surface area contributed by atoms with Crippen molar-refractivity contribution in [3.63, 3.8) is 0 Å². The van der Waals surface area contributed by atoms with Crippen molar-refractivity contribution in [2.45, 2.75) is 43.8 Å². The molecule has 1 aliphatic rings. The van der Waals surface area contributed by atoms with Gasteiger partial charge in [-0.1, -0.05) is 6.07 Å². The number of carbonyl (C=O) groups is 1. The molecule has 2 aromatic rings. The van der Waals surface area contributed by atoms with Crippen LogP contribution in [-0.2, 0) is 16.2 Å². The van der Waals surface area contributed by atoms with E-state index in [9.17, 15) is 26.4 Å². The molecule has 1 amide bonds. The summed E-state index contributed by atoms with van der Waals surface area (Å²) in [5.74, 6) is -0.180. The molecule has 0 saturated carbocycles. The van der Waals surface area contributed by atoms with Gasteiger partial charge in [0.15, 0.2) is 0 Å². The van der Waals surface area contributed by atoms with Gasteiger partial charge >= 0.3 is 6.18 Å². The summed E-state index contributed by atoms with van der Waals surface area (Å²) in [4.78, 5) is 16.9. The summed E-state index contributed by atoms with van der Waals surface area (Å²) in [6.45, 7) is 9.25. The quantitative estimate of drug-likeness (QED) is 0.698. The minimum atomic E-state index is -4.58. The summed E-state index contributed by atoms with van der Waals surface area (Å²) in [7, 11) is -4.12. The van der Waals surface area contributed by atoms with E-state index >= 15 is 0 Å². The predicted octanol–water partition coefficient (Wildman–Crippen LogP) is 4.45. The maximum absolute atomic E-state index is 12.9. The molecular weight excluding hydrogens is 455 g/mol. The van der Waals surface area contributed by atoms with Crippen LogP contribution in [0.2, 0.25) is 0 Å². The Balaban J connectivity index is 1.71. The van der Waals surface area contributed by atoms with E-state index in [0.717, 1.165) is 37.7 Å². The average molecular weight is 484 g/mol. The zero-order valence-corrected chi connectivity index (χ0v) is 19.6. The molecule has 1 N–H and O–H groups in total. The number of benzene rings is 2. The Bertz CT molecular complexity index is 1090. The number of sulfonamides is 1. The third-order valence-electron chi connectivity index (χ3n) is 5.59. The second-order valence-electron chi connectivity index (χ2n) is 9.01. The van der Waals surface area contributed by atoms with Crippen LogP contribution in [0, 0.1) is 0 Å². The van der Waals surface area contributed by atoms with Gasteiger partial charge < -0.3 is 4.90 Å². The van der Waals surface area contributed by atoms with Gasteiger partial charge in [0, 0.05) is 43.0 Å². The lowest BCUT2D eigenvalue weighted by molar-refractivity contribution is -0.137. The van der Waals surface area contributed by atoms with Crippen molar-refractivity contribution in [2.24, 2.45) is 0 Å². The first-order valence-electron chi connectivity index (χ1n) is 10.6. The van der Waals surface area contributed by atoms with Gasteiger partial charge in [-0.15, -0.1) is 0 Å². The molecule has 1 heterocycles. The fourth-order valence-corrected chi connectivity index (χ4v) is 4.77. The topological polar surface area (TPSA) is 69.7 Å². The van der Waals surface area contributed by atoms with Crippen LogP contribution in [0.5, 0.6) is 0 Å². The Kier molecular flexibility index (Phi) is 7.09. The molecule has 6 nitrogen and oxygen atoms in total. The van der Waals surface area contributed by atoms with E-state index in [1.54, 1.807) is 4.90 Å². The largest absolute Gasteiger partial charge is 0.416 e. The van der Waals surface area contributed by atoms with Crippen LogP contribution in [0.1, 0.15) is 43.1 Å². The summed E-state index contributed by atoms with van der Waals surface area (Å²) in [5, 5.41) is 0. The van der Waals surface area contributed by atoms with Gasteiger partial charge in [0.1, 0.15) is 0 Å². The number of anilines is 1. The molecular formula is C23H28F3N3O3S.